The summed E-state index contributed by atoms with van der Waals surface area (Å²) in [5, 5.41) is 0.133. The van der Waals surface area contributed by atoms with E-state index in [9.17, 15) is 9.59 Å². The van der Waals surface area contributed by atoms with E-state index in [1.165, 1.54) is 4.57 Å². The van der Waals surface area contributed by atoms with Gasteiger partial charge in [0.05, 0.1) is 0 Å². The molecule has 0 unspecified atom stereocenters. The van der Waals surface area contributed by atoms with Crippen LogP contribution in [0.5, 0.6) is 0 Å². The lowest BCUT2D eigenvalue weighted by molar-refractivity contribution is 0.0401. The summed E-state index contributed by atoms with van der Waals surface area (Å²) in [6, 6.07) is 0. The molecule has 5 nitrogen and oxygen atoms in total. The molecule has 1 aliphatic carbocycles. The average Bonchev–Trinajstić information content (AvgIpc) is 2.23. The minimum Gasteiger partial charge on any atom is -0.302 e. The van der Waals surface area contributed by atoms with E-state index < -0.39 is 5.69 Å². The summed E-state index contributed by atoms with van der Waals surface area (Å²) in [5.41, 5.74) is -0.401. The summed E-state index contributed by atoms with van der Waals surface area (Å²) >= 11 is 5.79. The Balaban J connectivity index is 2.44. The smallest absolute Gasteiger partial charge is 0.302 e. The first-order valence-corrected chi connectivity index (χ1v) is 6.42. The molecule has 0 atom stereocenters. The zero-order chi connectivity index (χ0) is 13.5. The van der Waals surface area contributed by atoms with E-state index in [-0.39, 0.29) is 16.3 Å². The Bertz CT molecular complexity index is 570. The Kier molecular flexibility index (Phi) is 3.38. The van der Waals surface area contributed by atoms with Crippen LogP contribution in [0.25, 0.3) is 0 Å². The minimum absolute atomic E-state index is 0.0723. The van der Waals surface area contributed by atoms with Crippen LogP contribution in [-0.4, -0.2) is 34.1 Å². The summed E-state index contributed by atoms with van der Waals surface area (Å²) in [6.45, 7) is 2.05. The monoisotopic (exact) mass is 271 g/mol. The number of rotatable bonds is 3. The van der Waals surface area contributed by atoms with E-state index in [0.717, 1.165) is 19.3 Å². The second-order valence-corrected chi connectivity index (χ2v) is 5.61. The Hall–Kier alpha value is -1.07. The Labute approximate surface area is 110 Å². The highest BCUT2D eigenvalue weighted by Crippen LogP contribution is 2.37. The molecule has 1 aromatic rings. The van der Waals surface area contributed by atoms with Crippen molar-refractivity contribution in [2.75, 3.05) is 14.1 Å². The van der Waals surface area contributed by atoms with Crippen LogP contribution in [0.2, 0.25) is 5.15 Å². The Morgan fingerprint density at radius 2 is 2.00 bits per heavy atom. The summed E-state index contributed by atoms with van der Waals surface area (Å²) in [6.07, 6.45) is 3.15. The van der Waals surface area contributed by atoms with Gasteiger partial charge in [0, 0.05) is 17.6 Å². The van der Waals surface area contributed by atoms with Crippen LogP contribution in [0.1, 0.15) is 24.8 Å². The maximum Gasteiger partial charge on any atom is 0.329 e. The van der Waals surface area contributed by atoms with Crippen LogP contribution in [0.3, 0.4) is 0 Å². The van der Waals surface area contributed by atoms with Crippen molar-refractivity contribution in [3.63, 3.8) is 0 Å². The molecule has 1 fully saturated rings. The number of nitrogens with zero attached hydrogens (tertiary/aromatic N) is 2. The maximum atomic E-state index is 12.1. The van der Waals surface area contributed by atoms with Crippen LogP contribution in [0.4, 0.5) is 0 Å². The van der Waals surface area contributed by atoms with Gasteiger partial charge in [0.25, 0.3) is 5.56 Å². The second-order valence-electron chi connectivity index (χ2n) is 5.23. The van der Waals surface area contributed by atoms with Gasteiger partial charge in [0.2, 0.25) is 0 Å². The van der Waals surface area contributed by atoms with Gasteiger partial charge in [0.1, 0.15) is 5.15 Å². The number of nitrogens with one attached hydrogen (secondary N) is 1. The first-order chi connectivity index (χ1) is 8.37. The number of hydrogen-bond acceptors (Lipinski definition) is 3. The van der Waals surface area contributed by atoms with Crippen LogP contribution in [0.15, 0.2) is 9.59 Å². The van der Waals surface area contributed by atoms with E-state index in [0.29, 0.717) is 12.1 Å². The number of halogens is 1. The van der Waals surface area contributed by atoms with E-state index >= 15 is 0 Å². The molecule has 1 heterocycles. The predicted octanol–water partition coefficient (Wildman–Crippen LogP) is 0.983. The fourth-order valence-electron chi connectivity index (χ4n) is 2.41. The number of aromatic amines is 1. The molecule has 1 N–H and O–H groups in total. The molecule has 0 bridgehead atoms. The van der Waals surface area contributed by atoms with Gasteiger partial charge < -0.3 is 4.90 Å². The molecule has 6 heteroatoms. The third-order valence-corrected chi connectivity index (χ3v) is 4.42. The molecular weight excluding hydrogens is 254 g/mol. The largest absolute Gasteiger partial charge is 0.329 e. The Morgan fingerprint density at radius 1 is 1.39 bits per heavy atom. The van der Waals surface area contributed by atoms with E-state index in [1.807, 2.05) is 14.1 Å². The standard InChI is InChI=1S/C12H18ClN3O2/c1-8-9(13)14-11(18)16(10(8)17)7-12(15(2)3)5-4-6-12/h4-7H2,1-3H3,(H,14,18). The molecule has 1 aliphatic rings. The van der Waals surface area contributed by atoms with Crippen LogP contribution in [-0.2, 0) is 6.54 Å². The third-order valence-electron chi connectivity index (χ3n) is 4.04. The zero-order valence-corrected chi connectivity index (χ0v) is 11.7. The lowest BCUT2D eigenvalue weighted by atomic mass is 9.75. The number of likely N-dealkylation sites (N-methyl/N-ethyl adjacent to an activating group) is 1. The van der Waals surface area contributed by atoms with Crippen molar-refractivity contribution in [3.8, 4) is 0 Å². The maximum absolute atomic E-state index is 12.1. The SMILES string of the molecule is Cc1c(Cl)[nH]c(=O)n(CC2(N(C)C)CCC2)c1=O. The quantitative estimate of drug-likeness (QED) is 0.834. The average molecular weight is 272 g/mol. The van der Waals surface area contributed by atoms with E-state index in [4.69, 9.17) is 11.6 Å². The van der Waals surface area contributed by atoms with Crippen molar-refractivity contribution in [3.05, 3.63) is 31.6 Å². The normalized spacial score (nSPS) is 17.8. The molecule has 0 aromatic carbocycles. The highest BCUT2D eigenvalue weighted by Gasteiger charge is 2.40. The molecule has 0 saturated heterocycles. The van der Waals surface area contributed by atoms with Crippen molar-refractivity contribution in [1.82, 2.24) is 14.5 Å². The van der Waals surface area contributed by atoms with Crippen molar-refractivity contribution in [1.29, 1.82) is 0 Å². The summed E-state index contributed by atoms with van der Waals surface area (Å²) < 4.78 is 1.26. The molecule has 0 aliphatic heterocycles. The van der Waals surface area contributed by atoms with Gasteiger partial charge in [-0.05, 0) is 40.3 Å². The second kappa shape index (κ2) is 4.55. The molecule has 2 rings (SSSR count). The zero-order valence-electron chi connectivity index (χ0n) is 10.9. The van der Waals surface area contributed by atoms with Gasteiger partial charge in [-0.15, -0.1) is 0 Å². The predicted molar refractivity (Wildman–Crippen MR) is 71.3 cm³/mol. The van der Waals surface area contributed by atoms with Crippen molar-refractivity contribution in [2.24, 2.45) is 0 Å². The van der Waals surface area contributed by atoms with Crippen LogP contribution in [0, 0.1) is 6.92 Å². The summed E-state index contributed by atoms with van der Waals surface area (Å²) in [5.74, 6) is 0. The van der Waals surface area contributed by atoms with Gasteiger partial charge in [0.15, 0.2) is 0 Å². The lowest BCUT2D eigenvalue weighted by Crippen LogP contribution is -2.56. The molecule has 0 radical (unpaired) electrons. The molecule has 18 heavy (non-hydrogen) atoms. The fraction of sp³-hybridized carbons (Fsp3) is 0.667. The third kappa shape index (κ3) is 2.01. The van der Waals surface area contributed by atoms with Gasteiger partial charge >= 0.3 is 5.69 Å². The minimum atomic E-state index is -0.427. The van der Waals surface area contributed by atoms with Crippen molar-refractivity contribution < 1.29 is 0 Å². The van der Waals surface area contributed by atoms with Gasteiger partial charge in [-0.3, -0.25) is 14.3 Å². The molecule has 1 saturated carbocycles. The number of aromatic nitrogens is 2. The summed E-state index contributed by atoms with van der Waals surface area (Å²) in [4.78, 5) is 28.6. The van der Waals surface area contributed by atoms with Crippen LogP contribution < -0.4 is 11.2 Å². The molecule has 0 amide bonds. The molecular formula is C12H18ClN3O2. The lowest BCUT2D eigenvalue weighted by Gasteiger charge is -2.47. The highest BCUT2D eigenvalue weighted by atomic mass is 35.5. The molecule has 1 aromatic heterocycles. The van der Waals surface area contributed by atoms with Crippen molar-refractivity contribution >= 4 is 11.6 Å². The van der Waals surface area contributed by atoms with Gasteiger partial charge in [-0.25, -0.2) is 4.79 Å². The number of hydrogen-bond donors (Lipinski definition) is 1. The topological polar surface area (TPSA) is 58.1 Å². The summed E-state index contributed by atoms with van der Waals surface area (Å²) in [7, 11) is 3.97. The highest BCUT2D eigenvalue weighted by molar-refractivity contribution is 6.30. The Morgan fingerprint density at radius 3 is 2.44 bits per heavy atom. The molecule has 100 valence electrons. The first-order valence-electron chi connectivity index (χ1n) is 6.04. The van der Waals surface area contributed by atoms with Gasteiger partial charge in [-0.1, -0.05) is 11.6 Å². The van der Waals surface area contributed by atoms with Gasteiger partial charge in [-0.2, -0.15) is 0 Å². The van der Waals surface area contributed by atoms with E-state index in [2.05, 4.69) is 9.88 Å². The molecule has 0 spiro atoms. The van der Waals surface area contributed by atoms with Crippen molar-refractivity contribution in [2.45, 2.75) is 38.3 Å². The van der Waals surface area contributed by atoms with E-state index in [1.54, 1.807) is 6.92 Å². The first kappa shape index (κ1) is 13.4. The van der Waals surface area contributed by atoms with Crippen LogP contribution >= 0.6 is 11.6 Å². The fourth-order valence-corrected chi connectivity index (χ4v) is 2.57. The number of H-pyrrole nitrogens is 1.